The topological polar surface area (TPSA) is 56.3 Å². The summed E-state index contributed by atoms with van der Waals surface area (Å²) in [6, 6.07) is 0.295. The molecule has 1 aliphatic rings. The predicted octanol–water partition coefficient (Wildman–Crippen LogP) is 1.01. The Morgan fingerprint density at radius 3 is 2.72 bits per heavy atom. The maximum absolute atomic E-state index is 5.94. The Morgan fingerprint density at radius 1 is 1.50 bits per heavy atom. The lowest BCUT2D eigenvalue weighted by Gasteiger charge is -2.36. The number of piperidine rings is 1. The molecule has 1 atom stereocenters. The number of rotatable bonds is 5. The summed E-state index contributed by atoms with van der Waals surface area (Å²) in [4.78, 5) is 2.45. The molecule has 0 aliphatic carbocycles. The number of methoxy groups -OCH3 is 1. The Kier molecular flexibility index (Phi) is 4.74. The molecule has 0 radical (unpaired) electrons. The maximum atomic E-state index is 5.94. The first-order valence-electron chi connectivity index (χ1n) is 6.77. The minimum absolute atomic E-state index is 0.295. The van der Waals surface area contributed by atoms with Crippen molar-refractivity contribution >= 4 is 0 Å². The van der Waals surface area contributed by atoms with E-state index in [1.54, 1.807) is 7.11 Å². The van der Waals surface area contributed by atoms with E-state index in [0.29, 0.717) is 18.7 Å². The number of ether oxygens (including phenoxy) is 1. The van der Waals surface area contributed by atoms with Crippen LogP contribution in [0.2, 0.25) is 0 Å². The van der Waals surface area contributed by atoms with Crippen molar-refractivity contribution < 1.29 is 4.74 Å². The van der Waals surface area contributed by atoms with Crippen molar-refractivity contribution in [2.45, 2.75) is 38.5 Å². The summed E-state index contributed by atoms with van der Waals surface area (Å²) in [6.07, 6.45) is 6.66. The van der Waals surface area contributed by atoms with Gasteiger partial charge in [-0.25, -0.2) is 0 Å². The molecule has 1 unspecified atom stereocenters. The van der Waals surface area contributed by atoms with Crippen LogP contribution >= 0.6 is 0 Å². The third-order valence-electron chi connectivity index (χ3n) is 3.84. The molecule has 2 heterocycles. The first kappa shape index (κ1) is 13.5. The number of nitrogens with zero attached hydrogens (tertiary/aromatic N) is 3. The number of aryl methyl sites for hydroxylation is 1. The normalized spacial score (nSPS) is 20.2. The lowest BCUT2D eigenvalue weighted by atomic mass is 10.0. The van der Waals surface area contributed by atoms with Gasteiger partial charge < -0.3 is 10.5 Å². The van der Waals surface area contributed by atoms with Gasteiger partial charge in [0.15, 0.2) is 0 Å². The number of hydrogen-bond donors (Lipinski definition) is 1. The van der Waals surface area contributed by atoms with Crippen LogP contribution in [-0.2, 0) is 11.3 Å². The zero-order valence-corrected chi connectivity index (χ0v) is 11.4. The highest BCUT2D eigenvalue weighted by Crippen LogP contribution is 2.24. The van der Waals surface area contributed by atoms with Crippen LogP contribution in [0.4, 0.5) is 0 Å². The highest BCUT2D eigenvalue weighted by Gasteiger charge is 2.25. The number of aromatic nitrogens is 2. The van der Waals surface area contributed by atoms with Crippen LogP contribution in [-0.4, -0.2) is 47.5 Å². The van der Waals surface area contributed by atoms with Gasteiger partial charge in [0.2, 0.25) is 0 Å². The van der Waals surface area contributed by atoms with Gasteiger partial charge in [-0.15, -0.1) is 0 Å². The summed E-state index contributed by atoms with van der Waals surface area (Å²) in [5.74, 6) is 0. The molecule has 1 aromatic heterocycles. The summed E-state index contributed by atoms with van der Waals surface area (Å²) in [5, 5.41) is 4.34. The fourth-order valence-electron chi connectivity index (χ4n) is 2.64. The quantitative estimate of drug-likeness (QED) is 0.850. The SMILES string of the molecule is CCn1cc(C(CN)N2CCC(OC)CC2)cn1. The Bertz CT molecular complexity index is 358. The van der Waals surface area contributed by atoms with Crippen LogP contribution in [0.1, 0.15) is 31.4 Å². The lowest BCUT2D eigenvalue weighted by molar-refractivity contribution is 0.0280. The Hall–Kier alpha value is -0.910. The Labute approximate surface area is 109 Å². The molecule has 0 spiro atoms. The van der Waals surface area contributed by atoms with Crippen molar-refractivity contribution in [1.82, 2.24) is 14.7 Å². The minimum Gasteiger partial charge on any atom is -0.381 e. The van der Waals surface area contributed by atoms with Crippen molar-refractivity contribution in [3.63, 3.8) is 0 Å². The second kappa shape index (κ2) is 6.31. The molecule has 2 N–H and O–H groups in total. The molecular formula is C13H24N4O. The Balaban J connectivity index is 2.00. The predicted molar refractivity (Wildman–Crippen MR) is 71.3 cm³/mol. The smallest absolute Gasteiger partial charge is 0.0595 e. The molecule has 1 fully saturated rings. The van der Waals surface area contributed by atoms with Crippen molar-refractivity contribution in [3.8, 4) is 0 Å². The molecule has 5 heteroatoms. The van der Waals surface area contributed by atoms with Gasteiger partial charge in [0.25, 0.3) is 0 Å². The van der Waals surface area contributed by atoms with Crippen molar-refractivity contribution in [1.29, 1.82) is 0 Å². The van der Waals surface area contributed by atoms with Crippen LogP contribution in [0.3, 0.4) is 0 Å². The van der Waals surface area contributed by atoms with Crippen LogP contribution in [0, 0.1) is 0 Å². The van der Waals surface area contributed by atoms with E-state index in [-0.39, 0.29) is 0 Å². The van der Waals surface area contributed by atoms with Crippen LogP contribution in [0.25, 0.3) is 0 Å². The molecule has 102 valence electrons. The van der Waals surface area contributed by atoms with Gasteiger partial charge in [-0.05, 0) is 19.8 Å². The standard InChI is InChI=1S/C13H24N4O/c1-3-17-10-11(9-15-17)13(8-14)16-6-4-12(18-2)5-7-16/h9-10,12-13H,3-8,14H2,1-2H3. The van der Waals surface area contributed by atoms with E-state index in [1.165, 1.54) is 5.56 Å². The maximum Gasteiger partial charge on any atom is 0.0595 e. The van der Waals surface area contributed by atoms with Gasteiger partial charge in [-0.3, -0.25) is 9.58 Å². The molecule has 1 aromatic rings. The molecule has 0 bridgehead atoms. The molecular weight excluding hydrogens is 228 g/mol. The summed E-state index contributed by atoms with van der Waals surface area (Å²) in [7, 11) is 1.80. The fourth-order valence-corrected chi connectivity index (χ4v) is 2.64. The van der Waals surface area contributed by atoms with Gasteiger partial charge >= 0.3 is 0 Å². The van der Waals surface area contributed by atoms with Gasteiger partial charge in [-0.1, -0.05) is 0 Å². The van der Waals surface area contributed by atoms with Crippen LogP contribution in [0.15, 0.2) is 12.4 Å². The van der Waals surface area contributed by atoms with E-state index < -0.39 is 0 Å². The first-order chi connectivity index (χ1) is 8.78. The van der Waals surface area contributed by atoms with Crippen molar-refractivity contribution in [2.75, 3.05) is 26.7 Å². The van der Waals surface area contributed by atoms with Crippen LogP contribution < -0.4 is 5.73 Å². The van der Waals surface area contributed by atoms with Gasteiger partial charge in [0.05, 0.1) is 18.3 Å². The molecule has 0 amide bonds. The second-order valence-electron chi connectivity index (χ2n) is 4.85. The lowest BCUT2D eigenvalue weighted by Crippen LogP contribution is -2.41. The number of likely N-dealkylation sites (tertiary alicyclic amines) is 1. The van der Waals surface area contributed by atoms with E-state index in [0.717, 1.165) is 32.5 Å². The van der Waals surface area contributed by atoms with E-state index in [2.05, 4.69) is 23.1 Å². The summed E-state index contributed by atoms with van der Waals surface area (Å²) >= 11 is 0. The monoisotopic (exact) mass is 252 g/mol. The van der Waals surface area contributed by atoms with E-state index in [1.807, 2.05) is 10.9 Å². The number of hydrogen-bond acceptors (Lipinski definition) is 4. The third kappa shape index (κ3) is 2.91. The first-order valence-corrected chi connectivity index (χ1v) is 6.77. The second-order valence-corrected chi connectivity index (χ2v) is 4.85. The zero-order chi connectivity index (χ0) is 13.0. The van der Waals surface area contributed by atoms with E-state index >= 15 is 0 Å². The molecule has 18 heavy (non-hydrogen) atoms. The average Bonchev–Trinajstić information content (AvgIpc) is 2.89. The third-order valence-corrected chi connectivity index (χ3v) is 3.84. The van der Waals surface area contributed by atoms with Gasteiger partial charge in [0, 0.05) is 45.0 Å². The highest BCUT2D eigenvalue weighted by molar-refractivity contribution is 5.11. The zero-order valence-electron chi connectivity index (χ0n) is 11.4. The molecule has 5 nitrogen and oxygen atoms in total. The van der Waals surface area contributed by atoms with Crippen molar-refractivity contribution in [3.05, 3.63) is 18.0 Å². The van der Waals surface area contributed by atoms with Crippen molar-refractivity contribution in [2.24, 2.45) is 5.73 Å². The molecule has 0 aromatic carbocycles. The minimum atomic E-state index is 0.295. The van der Waals surface area contributed by atoms with Crippen LogP contribution in [0.5, 0.6) is 0 Å². The molecule has 2 rings (SSSR count). The van der Waals surface area contributed by atoms with Gasteiger partial charge in [0.1, 0.15) is 0 Å². The van der Waals surface area contributed by atoms with E-state index in [9.17, 15) is 0 Å². The summed E-state index contributed by atoms with van der Waals surface area (Å²) < 4.78 is 7.36. The molecule has 1 aliphatic heterocycles. The fraction of sp³-hybridized carbons (Fsp3) is 0.769. The largest absolute Gasteiger partial charge is 0.381 e. The van der Waals surface area contributed by atoms with Gasteiger partial charge in [-0.2, -0.15) is 5.10 Å². The molecule has 0 saturated carbocycles. The summed E-state index contributed by atoms with van der Waals surface area (Å²) in [5.41, 5.74) is 7.18. The average molecular weight is 252 g/mol. The highest BCUT2D eigenvalue weighted by atomic mass is 16.5. The Morgan fingerprint density at radius 2 is 2.22 bits per heavy atom. The van der Waals surface area contributed by atoms with E-state index in [4.69, 9.17) is 10.5 Å². The summed E-state index contributed by atoms with van der Waals surface area (Å²) in [6.45, 7) is 5.75. The number of nitrogens with two attached hydrogens (primary N) is 1. The molecule has 1 saturated heterocycles.